The third kappa shape index (κ3) is 19.4. The molecular weight excluding hydrogens is 392 g/mol. The largest absolute Gasteiger partial charge is 0.466 e. The molecule has 6 nitrogen and oxygen atoms in total. The minimum Gasteiger partial charge on any atom is -0.466 e. The summed E-state index contributed by atoms with van der Waals surface area (Å²) >= 11 is 1.82. The molecule has 0 rings (SSSR count). The van der Waals surface area contributed by atoms with E-state index in [2.05, 4.69) is 6.92 Å². The van der Waals surface area contributed by atoms with Crippen molar-refractivity contribution in [2.75, 3.05) is 18.1 Å². The SMILES string of the molecule is CCCCCCSCCC(=O)OCCCC(C)(OOC(C)(C)C)OOC(C)(C)C. The van der Waals surface area contributed by atoms with Gasteiger partial charge in [-0.1, -0.05) is 26.2 Å². The van der Waals surface area contributed by atoms with Crippen molar-refractivity contribution in [3.8, 4) is 0 Å². The molecule has 0 N–H and O–H groups in total. The number of thioether (sulfide) groups is 1. The lowest BCUT2D eigenvalue weighted by molar-refractivity contribution is -0.537. The third-order valence-electron chi connectivity index (χ3n) is 3.57. The first-order chi connectivity index (χ1) is 13.4. The maximum atomic E-state index is 11.9. The second-order valence-electron chi connectivity index (χ2n) is 9.44. The van der Waals surface area contributed by atoms with Crippen LogP contribution in [0.4, 0.5) is 0 Å². The zero-order valence-corrected chi connectivity index (χ0v) is 20.7. The van der Waals surface area contributed by atoms with Crippen molar-refractivity contribution in [2.24, 2.45) is 0 Å². The number of hydrogen-bond donors (Lipinski definition) is 0. The number of esters is 1. The van der Waals surface area contributed by atoms with E-state index in [9.17, 15) is 4.79 Å². The monoisotopic (exact) mass is 436 g/mol. The Morgan fingerprint density at radius 1 is 0.759 bits per heavy atom. The van der Waals surface area contributed by atoms with Crippen molar-refractivity contribution in [1.82, 2.24) is 0 Å². The van der Waals surface area contributed by atoms with Crippen molar-refractivity contribution in [1.29, 1.82) is 0 Å². The van der Waals surface area contributed by atoms with Gasteiger partial charge in [0.2, 0.25) is 5.79 Å². The Kier molecular flexibility index (Phi) is 14.5. The van der Waals surface area contributed by atoms with Crippen LogP contribution in [0.25, 0.3) is 0 Å². The first-order valence-electron chi connectivity index (χ1n) is 10.8. The van der Waals surface area contributed by atoms with Crippen LogP contribution in [0.5, 0.6) is 0 Å². The first-order valence-corrected chi connectivity index (χ1v) is 12.0. The van der Waals surface area contributed by atoms with Gasteiger partial charge in [0.15, 0.2) is 0 Å². The zero-order chi connectivity index (χ0) is 22.4. The van der Waals surface area contributed by atoms with Crippen LogP contribution in [0, 0.1) is 0 Å². The lowest BCUT2D eigenvalue weighted by Crippen LogP contribution is -2.38. The van der Waals surface area contributed by atoms with E-state index in [1.807, 2.05) is 53.3 Å². The number of carbonyl (C=O) groups is 1. The molecule has 0 aromatic heterocycles. The highest BCUT2D eigenvalue weighted by atomic mass is 32.2. The fourth-order valence-electron chi connectivity index (χ4n) is 2.06. The van der Waals surface area contributed by atoms with Gasteiger partial charge in [-0.2, -0.15) is 21.5 Å². The predicted molar refractivity (Wildman–Crippen MR) is 119 cm³/mol. The van der Waals surface area contributed by atoms with Crippen LogP contribution in [0.15, 0.2) is 0 Å². The van der Waals surface area contributed by atoms with Gasteiger partial charge in [-0.25, -0.2) is 9.78 Å². The normalized spacial score (nSPS) is 13.0. The summed E-state index contributed by atoms with van der Waals surface area (Å²) in [7, 11) is 0. The molecule has 0 aromatic carbocycles. The highest BCUT2D eigenvalue weighted by Gasteiger charge is 2.33. The van der Waals surface area contributed by atoms with Crippen molar-refractivity contribution in [3.05, 3.63) is 0 Å². The lowest BCUT2D eigenvalue weighted by atomic mass is 10.2. The molecular formula is C22H44O6S. The Hall–Kier alpha value is -0.340. The molecule has 0 aliphatic rings. The summed E-state index contributed by atoms with van der Waals surface area (Å²) in [4.78, 5) is 33.8. The van der Waals surface area contributed by atoms with Gasteiger partial charge in [-0.15, -0.1) is 0 Å². The smallest absolute Gasteiger partial charge is 0.306 e. The van der Waals surface area contributed by atoms with Gasteiger partial charge in [0, 0.05) is 12.2 Å². The highest BCUT2D eigenvalue weighted by molar-refractivity contribution is 7.99. The van der Waals surface area contributed by atoms with Crippen LogP contribution >= 0.6 is 11.8 Å². The average molecular weight is 437 g/mol. The van der Waals surface area contributed by atoms with Crippen molar-refractivity contribution in [3.63, 3.8) is 0 Å². The molecule has 0 unspecified atom stereocenters. The molecule has 0 fully saturated rings. The number of ether oxygens (including phenoxy) is 1. The average Bonchev–Trinajstić information content (AvgIpc) is 2.60. The summed E-state index contributed by atoms with van der Waals surface area (Å²) in [5, 5.41) is 0. The second kappa shape index (κ2) is 14.6. The molecule has 0 aliphatic heterocycles. The number of carbonyl (C=O) groups excluding carboxylic acids is 1. The summed E-state index contributed by atoms with van der Waals surface area (Å²) in [6.45, 7) is 15.6. The minimum atomic E-state index is -1.10. The summed E-state index contributed by atoms with van der Waals surface area (Å²) in [6, 6.07) is 0. The van der Waals surface area contributed by atoms with E-state index >= 15 is 0 Å². The standard InChI is InChI=1S/C22H44O6S/c1-9-10-11-12-17-29-18-14-19(23)24-16-13-15-22(8,27-25-20(2,3)4)28-26-21(5,6)7/h9-18H2,1-8H3. The zero-order valence-electron chi connectivity index (χ0n) is 19.9. The molecule has 7 heteroatoms. The van der Waals surface area contributed by atoms with Gasteiger partial charge < -0.3 is 4.74 Å². The summed E-state index contributed by atoms with van der Waals surface area (Å²) in [6.07, 6.45) is 6.51. The molecule has 0 heterocycles. The maximum Gasteiger partial charge on any atom is 0.306 e. The van der Waals surface area contributed by atoms with E-state index < -0.39 is 17.0 Å². The van der Waals surface area contributed by atoms with Gasteiger partial charge >= 0.3 is 5.97 Å². The van der Waals surface area contributed by atoms with Gasteiger partial charge in [0.1, 0.15) is 0 Å². The van der Waals surface area contributed by atoms with Crippen LogP contribution in [-0.4, -0.2) is 41.1 Å². The molecule has 174 valence electrons. The molecule has 0 saturated carbocycles. The van der Waals surface area contributed by atoms with Gasteiger partial charge in [-0.3, -0.25) is 4.79 Å². The Balaban J connectivity index is 4.13. The van der Waals surface area contributed by atoms with E-state index in [4.69, 9.17) is 24.3 Å². The van der Waals surface area contributed by atoms with Crippen LogP contribution < -0.4 is 0 Å². The van der Waals surface area contributed by atoms with E-state index in [0.717, 1.165) is 11.5 Å². The van der Waals surface area contributed by atoms with Gasteiger partial charge in [0.25, 0.3) is 0 Å². The van der Waals surface area contributed by atoms with E-state index in [-0.39, 0.29) is 5.97 Å². The Labute approximate surface area is 182 Å². The highest BCUT2D eigenvalue weighted by Crippen LogP contribution is 2.26. The van der Waals surface area contributed by atoms with E-state index in [0.29, 0.717) is 25.9 Å². The summed E-state index contributed by atoms with van der Waals surface area (Å²) in [5.74, 6) is 0.670. The number of rotatable bonds is 16. The second-order valence-corrected chi connectivity index (χ2v) is 10.7. The molecule has 0 aromatic rings. The van der Waals surface area contributed by atoms with E-state index in [1.165, 1.54) is 25.7 Å². The fourth-order valence-corrected chi connectivity index (χ4v) is 2.99. The molecule has 0 amide bonds. The first kappa shape index (κ1) is 28.7. The molecule has 29 heavy (non-hydrogen) atoms. The maximum absolute atomic E-state index is 11.9. The van der Waals surface area contributed by atoms with Crippen molar-refractivity contribution < 1.29 is 29.1 Å². The fraction of sp³-hybridized carbons (Fsp3) is 0.955. The molecule has 0 radical (unpaired) electrons. The summed E-state index contributed by atoms with van der Waals surface area (Å²) in [5.41, 5.74) is -0.958. The Morgan fingerprint density at radius 2 is 1.34 bits per heavy atom. The number of unbranched alkanes of at least 4 members (excludes halogenated alkanes) is 3. The van der Waals surface area contributed by atoms with Crippen LogP contribution in [-0.2, 0) is 29.1 Å². The minimum absolute atomic E-state index is 0.161. The number of hydrogen-bond acceptors (Lipinski definition) is 7. The van der Waals surface area contributed by atoms with Gasteiger partial charge in [0.05, 0.1) is 24.2 Å². The topological polar surface area (TPSA) is 63.2 Å². The molecule has 0 atom stereocenters. The van der Waals surface area contributed by atoms with Crippen molar-refractivity contribution in [2.45, 2.75) is 117 Å². The molecule has 0 bridgehead atoms. The Morgan fingerprint density at radius 3 is 1.86 bits per heavy atom. The Bertz CT molecular complexity index is 410. The quantitative estimate of drug-likeness (QED) is 0.0935. The van der Waals surface area contributed by atoms with Crippen LogP contribution in [0.2, 0.25) is 0 Å². The van der Waals surface area contributed by atoms with Crippen molar-refractivity contribution >= 4 is 17.7 Å². The van der Waals surface area contributed by atoms with E-state index in [1.54, 1.807) is 6.92 Å². The summed E-state index contributed by atoms with van der Waals surface area (Å²) < 4.78 is 5.33. The van der Waals surface area contributed by atoms with Gasteiger partial charge in [-0.05, 0) is 67.1 Å². The third-order valence-corrected chi connectivity index (χ3v) is 4.64. The lowest BCUT2D eigenvalue weighted by Gasteiger charge is -2.32. The van der Waals surface area contributed by atoms with Crippen LogP contribution in [0.1, 0.15) is 100 Å². The molecule has 0 aliphatic carbocycles. The molecule has 0 spiro atoms. The molecule has 0 saturated heterocycles. The predicted octanol–water partition coefficient (Wildman–Crippen LogP) is 6.22. The van der Waals surface area contributed by atoms with Crippen LogP contribution in [0.3, 0.4) is 0 Å².